The third-order valence-electron chi connectivity index (χ3n) is 3.84. The predicted octanol–water partition coefficient (Wildman–Crippen LogP) is 4.86. The van der Waals surface area contributed by atoms with Crippen molar-refractivity contribution < 1.29 is 18.0 Å². The zero-order chi connectivity index (χ0) is 18.8. The summed E-state index contributed by atoms with van der Waals surface area (Å²) in [7, 11) is 0. The molecule has 8 heteroatoms. The van der Waals surface area contributed by atoms with Crippen molar-refractivity contribution in [2.45, 2.75) is 26.8 Å². The molecule has 1 amide bonds. The van der Waals surface area contributed by atoms with Gasteiger partial charge in [0.2, 0.25) is 0 Å². The van der Waals surface area contributed by atoms with Crippen molar-refractivity contribution in [1.82, 2.24) is 9.78 Å². The Bertz CT molecular complexity index is 944. The molecule has 1 N–H and O–H groups in total. The Morgan fingerprint density at radius 2 is 1.85 bits per heavy atom. The van der Waals surface area contributed by atoms with E-state index in [9.17, 15) is 18.0 Å². The largest absolute Gasteiger partial charge is 0.316 e. The second kappa shape index (κ2) is 7.33. The van der Waals surface area contributed by atoms with Crippen molar-refractivity contribution in [1.29, 1.82) is 0 Å². The first-order chi connectivity index (χ1) is 12.4. The van der Waals surface area contributed by atoms with Crippen LogP contribution in [0.15, 0.2) is 30.3 Å². The second-order valence-electron chi connectivity index (χ2n) is 5.53. The third-order valence-corrected chi connectivity index (χ3v) is 4.97. The molecule has 26 heavy (non-hydrogen) atoms. The van der Waals surface area contributed by atoms with Gasteiger partial charge in [0.25, 0.3) is 5.91 Å². The standard InChI is InChI=1S/C18H16F3N3OS/c1-3-10-8-14(24(4-2)23-10)17-13(21)9-15(26-17)18(25)22-16-11(19)6-5-7-12(16)20/h5-9H,3-4H2,1-2H3,(H,22,25). The summed E-state index contributed by atoms with van der Waals surface area (Å²) in [4.78, 5) is 12.6. The number of carbonyl (C=O) groups excluding carboxylic acids is 1. The first-order valence-electron chi connectivity index (χ1n) is 8.06. The highest BCUT2D eigenvalue weighted by Gasteiger charge is 2.21. The number of aryl methyl sites for hydroxylation is 2. The fourth-order valence-corrected chi connectivity index (χ4v) is 3.47. The van der Waals surface area contributed by atoms with Gasteiger partial charge >= 0.3 is 0 Å². The Hall–Kier alpha value is -2.61. The maximum atomic E-state index is 14.4. The number of nitrogens with zero attached hydrogens (tertiary/aromatic N) is 2. The minimum Gasteiger partial charge on any atom is -0.316 e. The number of rotatable bonds is 5. The van der Waals surface area contributed by atoms with E-state index in [-0.39, 0.29) is 9.75 Å². The van der Waals surface area contributed by atoms with Gasteiger partial charge in [-0.25, -0.2) is 13.2 Å². The Labute approximate surface area is 152 Å². The normalized spacial score (nSPS) is 11.0. The van der Waals surface area contributed by atoms with Crippen LogP contribution >= 0.6 is 11.3 Å². The Morgan fingerprint density at radius 3 is 2.46 bits per heavy atom. The molecule has 0 bridgehead atoms. The zero-order valence-electron chi connectivity index (χ0n) is 14.1. The Morgan fingerprint density at radius 1 is 1.15 bits per heavy atom. The maximum Gasteiger partial charge on any atom is 0.266 e. The minimum absolute atomic E-state index is 0.0158. The quantitative estimate of drug-likeness (QED) is 0.688. The van der Waals surface area contributed by atoms with Crippen LogP contribution in [0.1, 0.15) is 29.2 Å². The fourth-order valence-electron chi connectivity index (χ4n) is 2.51. The van der Waals surface area contributed by atoms with E-state index in [0.29, 0.717) is 18.7 Å². The van der Waals surface area contributed by atoms with Crippen molar-refractivity contribution in [2.24, 2.45) is 0 Å². The third kappa shape index (κ3) is 3.37. The molecule has 0 aliphatic rings. The van der Waals surface area contributed by atoms with Crippen LogP contribution in [-0.2, 0) is 13.0 Å². The van der Waals surface area contributed by atoms with Gasteiger partial charge in [0.15, 0.2) is 0 Å². The molecule has 1 aromatic carbocycles. The Kier molecular flexibility index (Phi) is 5.13. The number of aromatic nitrogens is 2. The first-order valence-corrected chi connectivity index (χ1v) is 8.88. The lowest BCUT2D eigenvalue weighted by molar-refractivity contribution is 0.102. The van der Waals surface area contributed by atoms with E-state index in [1.54, 1.807) is 10.7 Å². The number of anilines is 1. The van der Waals surface area contributed by atoms with Crippen LogP contribution in [0.25, 0.3) is 10.6 Å². The van der Waals surface area contributed by atoms with Gasteiger partial charge in [-0.05, 0) is 37.6 Å². The van der Waals surface area contributed by atoms with Crippen LogP contribution in [0.4, 0.5) is 18.9 Å². The zero-order valence-corrected chi connectivity index (χ0v) is 15.0. The molecule has 0 spiro atoms. The molecule has 136 valence electrons. The lowest BCUT2D eigenvalue weighted by Gasteiger charge is -2.05. The summed E-state index contributed by atoms with van der Waals surface area (Å²) in [5.41, 5.74) is 0.830. The Balaban J connectivity index is 1.93. The monoisotopic (exact) mass is 379 g/mol. The summed E-state index contributed by atoms with van der Waals surface area (Å²) >= 11 is 0.912. The van der Waals surface area contributed by atoms with E-state index in [1.165, 1.54) is 6.07 Å². The summed E-state index contributed by atoms with van der Waals surface area (Å²) in [5, 5.41) is 6.53. The van der Waals surface area contributed by atoms with Gasteiger partial charge in [-0.15, -0.1) is 11.3 Å². The van der Waals surface area contributed by atoms with Crippen LogP contribution < -0.4 is 5.32 Å². The molecule has 2 heterocycles. The van der Waals surface area contributed by atoms with Crippen LogP contribution in [0.3, 0.4) is 0 Å². The minimum atomic E-state index is -0.896. The number of benzene rings is 1. The van der Waals surface area contributed by atoms with E-state index in [2.05, 4.69) is 10.4 Å². The highest BCUT2D eigenvalue weighted by molar-refractivity contribution is 7.17. The molecule has 2 aromatic heterocycles. The van der Waals surface area contributed by atoms with Gasteiger partial charge in [-0.3, -0.25) is 9.48 Å². The maximum absolute atomic E-state index is 14.4. The smallest absolute Gasteiger partial charge is 0.266 e. The molecule has 0 fully saturated rings. The van der Waals surface area contributed by atoms with Crippen molar-refractivity contribution in [3.05, 3.63) is 58.4 Å². The number of para-hydroxylation sites is 1. The number of amides is 1. The molecule has 0 atom stereocenters. The highest BCUT2D eigenvalue weighted by atomic mass is 32.1. The molecule has 0 radical (unpaired) electrons. The van der Waals surface area contributed by atoms with E-state index >= 15 is 0 Å². The molecule has 0 unspecified atom stereocenters. The summed E-state index contributed by atoms with van der Waals surface area (Å²) in [6.07, 6.45) is 0.701. The first kappa shape index (κ1) is 18.2. The predicted molar refractivity (Wildman–Crippen MR) is 94.9 cm³/mol. The molecule has 4 nitrogen and oxygen atoms in total. The van der Waals surface area contributed by atoms with E-state index in [4.69, 9.17) is 0 Å². The second-order valence-corrected chi connectivity index (χ2v) is 6.58. The van der Waals surface area contributed by atoms with Crippen LogP contribution in [0.5, 0.6) is 0 Å². The van der Waals surface area contributed by atoms with E-state index in [0.717, 1.165) is 35.2 Å². The van der Waals surface area contributed by atoms with Crippen LogP contribution in [0.2, 0.25) is 0 Å². The van der Waals surface area contributed by atoms with Crippen molar-refractivity contribution >= 4 is 22.9 Å². The molecule has 3 rings (SSSR count). The lowest BCUT2D eigenvalue weighted by Crippen LogP contribution is -2.12. The fraction of sp³-hybridized carbons (Fsp3) is 0.222. The highest BCUT2D eigenvalue weighted by Crippen LogP contribution is 2.33. The van der Waals surface area contributed by atoms with Crippen molar-refractivity contribution in [3.63, 3.8) is 0 Å². The van der Waals surface area contributed by atoms with E-state index < -0.39 is 29.0 Å². The number of carbonyl (C=O) groups is 1. The van der Waals surface area contributed by atoms with Crippen molar-refractivity contribution in [2.75, 3.05) is 5.32 Å². The molecule has 3 aromatic rings. The van der Waals surface area contributed by atoms with E-state index in [1.807, 2.05) is 13.8 Å². The topological polar surface area (TPSA) is 46.9 Å². The van der Waals surface area contributed by atoms with Gasteiger partial charge in [0, 0.05) is 6.54 Å². The number of hydrogen-bond donors (Lipinski definition) is 1. The number of thiophene rings is 1. The van der Waals surface area contributed by atoms with Gasteiger partial charge in [-0.2, -0.15) is 5.10 Å². The molecular weight excluding hydrogens is 363 g/mol. The number of hydrogen-bond acceptors (Lipinski definition) is 3. The molecule has 0 saturated carbocycles. The molecular formula is C18H16F3N3OS. The number of nitrogens with one attached hydrogen (secondary N) is 1. The van der Waals surface area contributed by atoms with Crippen LogP contribution in [-0.4, -0.2) is 15.7 Å². The van der Waals surface area contributed by atoms with Gasteiger partial charge in [0.05, 0.1) is 21.1 Å². The van der Waals surface area contributed by atoms with Gasteiger partial charge < -0.3 is 5.32 Å². The summed E-state index contributed by atoms with van der Waals surface area (Å²) in [6.45, 7) is 4.38. The summed E-state index contributed by atoms with van der Waals surface area (Å²) in [5.74, 6) is -3.15. The average molecular weight is 379 g/mol. The average Bonchev–Trinajstić information content (AvgIpc) is 3.21. The van der Waals surface area contributed by atoms with Gasteiger partial charge in [-0.1, -0.05) is 13.0 Å². The lowest BCUT2D eigenvalue weighted by atomic mass is 10.2. The summed E-state index contributed by atoms with van der Waals surface area (Å²) in [6, 6.07) is 6.10. The van der Waals surface area contributed by atoms with Crippen molar-refractivity contribution in [3.8, 4) is 10.6 Å². The molecule has 0 aliphatic carbocycles. The molecule has 0 aliphatic heterocycles. The SMILES string of the molecule is CCc1cc(-c2sc(C(=O)Nc3c(F)cccc3F)cc2F)n(CC)n1. The van der Waals surface area contributed by atoms with Crippen LogP contribution in [0, 0.1) is 17.5 Å². The van der Waals surface area contributed by atoms with Gasteiger partial charge in [0.1, 0.15) is 23.1 Å². The molecule has 0 saturated heterocycles. The summed E-state index contributed by atoms with van der Waals surface area (Å²) < 4.78 is 43.4. The number of halogens is 3.